The van der Waals surface area contributed by atoms with Crippen molar-refractivity contribution in [2.24, 2.45) is 5.73 Å². The molecule has 2 rings (SSSR count). The average Bonchev–Trinajstić information content (AvgIpc) is 2.80. The zero-order valence-electron chi connectivity index (χ0n) is 11.3. The number of aromatic nitrogens is 1. The molecule has 2 N–H and O–H groups in total. The Balaban J connectivity index is 2.05. The molecule has 0 saturated heterocycles. The first kappa shape index (κ1) is 14.4. The van der Waals surface area contributed by atoms with Crippen LogP contribution in [-0.2, 0) is 15.9 Å². The van der Waals surface area contributed by atoms with Crippen molar-refractivity contribution in [3.8, 4) is 0 Å². The summed E-state index contributed by atoms with van der Waals surface area (Å²) in [5.74, 6) is 0. The number of hydrogen-bond acceptors (Lipinski definition) is 5. The molecule has 1 heterocycles. The fourth-order valence-electron chi connectivity index (χ4n) is 1.93. The van der Waals surface area contributed by atoms with Crippen molar-refractivity contribution in [2.45, 2.75) is 32.6 Å². The Morgan fingerprint density at radius 2 is 1.89 bits per heavy atom. The fraction of sp³-hybridized carbons (Fsp3) is 0.500. The largest absolute Gasteiger partial charge is 0.351 e. The van der Waals surface area contributed by atoms with E-state index in [4.69, 9.17) is 15.2 Å². The molecule has 104 valence electrons. The summed E-state index contributed by atoms with van der Waals surface area (Å²) in [6.45, 7) is 5.07. The van der Waals surface area contributed by atoms with Crippen molar-refractivity contribution < 1.29 is 9.47 Å². The highest BCUT2D eigenvalue weighted by atomic mass is 32.1. The van der Waals surface area contributed by atoms with Gasteiger partial charge in [-0.15, -0.1) is 11.3 Å². The van der Waals surface area contributed by atoms with Crippen LogP contribution in [0.1, 0.15) is 18.9 Å². The minimum Gasteiger partial charge on any atom is -0.351 e. The molecule has 1 aromatic heterocycles. The quantitative estimate of drug-likeness (QED) is 0.792. The number of para-hydroxylation sites is 1. The Morgan fingerprint density at radius 3 is 2.53 bits per heavy atom. The molecule has 0 aliphatic heterocycles. The smallest absolute Gasteiger partial charge is 0.172 e. The van der Waals surface area contributed by atoms with Gasteiger partial charge in [-0.05, 0) is 26.0 Å². The lowest BCUT2D eigenvalue weighted by atomic mass is 10.2. The third kappa shape index (κ3) is 3.73. The monoisotopic (exact) mass is 280 g/mol. The van der Waals surface area contributed by atoms with Gasteiger partial charge >= 0.3 is 0 Å². The van der Waals surface area contributed by atoms with E-state index in [1.165, 1.54) is 4.70 Å². The molecule has 1 atom stereocenters. The van der Waals surface area contributed by atoms with Gasteiger partial charge in [-0.25, -0.2) is 4.98 Å². The molecule has 1 unspecified atom stereocenters. The van der Waals surface area contributed by atoms with Crippen LogP contribution < -0.4 is 5.73 Å². The van der Waals surface area contributed by atoms with Gasteiger partial charge in [0.25, 0.3) is 0 Å². The second-order valence-corrected chi connectivity index (χ2v) is 5.34. The summed E-state index contributed by atoms with van der Waals surface area (Å²) in [5, 5.41) is 1.03. The first-order chi connectivity index (χ1) is 9.24. The van der Waals surface area contributed by atoms with Crippen molar-refractivity contribution in [1.29, 1.82) is 0 Å². The van der Waals surface area contributed by atoms with E-state index in [2.05, 4.69) is 11.1 Å². The molecule has 4 nitrogen and oxygen atoms in total. The van der Waals surface area contributed by atoms with Crippen molar-refractivity contribution in [3.05, 3.63) is 29.3 Å². The molecule has 1 aromatic carbocycles. The van der Waals surface area contributed by atoms with Crippen molar-refractivity contribution >= 4 is 21.6 Å². The highest BCUT2D eigenvalue weighted by Crippen LogP contribution is 2.23. The number of hydrogen-bond donors (Lipinski definition) is 1. The van der Waals surface area contributed by atoms with Gasteiger partial charge in [-0.2, -0.15) is 0 Å². The molecule has 0 aliphatic rings. The summed E-state index contributed by atoms with van der Waals surface area (Å²) in [4.78, 5) is 4.58. The summed E-state index contributed by atoms with van der Waals surface area (Å²) < 4.78 is 12.2. The van der Waals surface area contributed by atoms with Crippen LogP contribution in [0.2, 0.25) is 0 Å². The Labute approximate surface area is 117 Å². The van der Waals surface area contributed by atoms with Crippen molar-refractivity contribution in [2.75, 3.05) is 13.2 Å². The van der Waals surface area contributed by atoms with Gasteiger partial charge in [0.05, 0.1) is 21.3 Å². The first-order valence-electron chi connectivity index (χ1n) is 6.57. The average molecular weight is 280 g/mol. The minimum absolute atomic E-state index is 0.194. The zero-order chi connectivity index (χ0) is 13.7. The number of benzene rings is 1. The van der Waals surface area contributed by atoms with Gasteiger partial charge in [0, 0.05) is 19.6 Å². The lowest BCUT2D eigenvalue weighted by Crippen LogP contribution is -2.40. The molecule has 0 saturated carbocycles. The lowest BCUT2D eigenvalue weighted by Gasteiger charge is -2.22. The maximum atomic E-state index is 6.16. The highest BCUT2D eigenvalue weighted by molar-refractivity contribution is 7.18. The van der Waals surface area contributed by atoms with Crippen LogP contribution in [0.5, 0.6) is 0 Å². The number of nitrogens with zero attached hydrogens (tertiary/aromatic N) is 1. The standard InChI is InChI=1S/C14H20N2O2S/c1-3-17-14(18-4-2)10(15)9-13-16-11-7-5-6-8-12(11)19-13/h5-8,10,14H,3-4,9,15H2,1-2H3. The van der Waals surface area contributed by atoms with Crippen LogP contribution >= 0.6 is 11.3 Å². The predicted octanol–water partition coefficient (Wildman–Crippen LogP) is 2.57. The van der Waals surface area contributed by atoms with Gasteiger partial charge in [0.15, 0.2) is 6.29 Å². The van der Waals surface area contributed by atoms with E-state index in [1.54, 1.807) is 11.3 Å². The number of nitrogens with two attached hydrogens (primary N) is 1. The molecule has 0 fully saturated rings. The van der Waals surface area contributed by atoms with E-state index in [1.807, 2.05) is 32.0 Å². The molecule has 19 heavy (non-hydrogen) atoms. The Bertz CT molecular complexity index is 476. The molecular weight excluding hydrogens is 260 g/mol. The maximum Gasteiger partial charge on any atom is 0.172 e. The maximum absolute atomic E-state index is 6.16. The summed E-state index contributed by atoms with van der Waals surface area (Å²) in [5.41, 5.74) is 7.19. The van der Waals surface area contributed by atoms with Crippen LogP contribution in [0, 0.1) is 0 Å². The summed E-state index contributed by atoms with van der Waals surface area (Å²) in [7, 11) is 0. The van der Waals surface area contributed by atoms with Crippen molar-refractivity contribution in [1.82, 2.24) is 4.98 Å². The number of thiazole rings is 1. The Hall–Kier alpha value is -1.01. The van der Waals surface area contributed by atoms with Gasteiger partial charge in [0.1, 0.15) is 0 Å². The molecular formula is C14H20N2O2S. The lowest BCUT2D eigenvalue weighted by molar-refractivity contribution is -0.148. The molecule has 0 bridgehead atoms. The van der Waals surface area contributed by atoms with E-state index in [0.717, 1.165) is 10.5 Å². The molecule has 0 spiro atoms. The van der Waals surface area contributed by atoms with E-state index in [9.17, 15) is 0 Å². The van der Waals surface area contributed by atoms with Gasteiger partial charge < -0.3 is 15.2 Å². The van der Waals surface area contributed by atoms with Gasteiger partial charge in [-0.1, -0.05) is 12.1 Å². The Kier molecular flexibility index (Phi) is 5.27. The number of rotatable bonds is 7. The van der Waals surface area contributed by atoms with Crippen LogP contribution in [0.3, 0.4) is 0 Å². The number of ether oxygens (including phenoxy) is 2. The summed E-state index contributed by atoms with van der Waals surface area (Å²) in [6.07, 6.45) is 0.311. The third-order valence-corrected chi connectivity index (χ3v) is 3.82. The third-order valence-electron chi connectivity index (χ3n) is 2.76. The van der Waals surface area contributed by atoms with Crippen LogP contribution in [-0.4, -0.2) is 30.5 Å². The first-order valence-corrected chi connectivity index (χ1v) is 7.39. The molecule has 0 aliphatic carbocycles. The van der Waals surface area contributed by atoms with Crippen LogP contribution in [0.15, 0.2) is 24.3 Å². The van der Waals surface area contributed by atoms with Crippen molar-refractivity contribution in [3.63, 3.8) is 0 Å². The second kappa shape index (κ2) is 6.96. The molecule has 2 aromatic rings. The van der Waals surface area contributed by atoms with Gasteiger partial charge in [0.2, 0.25) is 0 Å². The van der Waals surface area contributed by atoms with Crippen LogP contribution in [0.25, 0.3) is 10.2 Å². The van der Waals surface area contributed by atoms with E-state index in [-0.39, 0.29) is 12.3 Å². The SMILES string of the molecule is CCOC(OCC)C(N)Cc1nc2ccccc2s1. The second-order valence-electron chi connectivity index (χ2n) is 4.22. The zero-order valence-corrected chi connectivity index (χ0v) is 12.2. The molecule has 0 radical (unpaired) electrons. The molecule has 0 amide bonds. The topological polar surface area (TPSA) is 57.4 Å². The summed E-state index contributed by atoms with van der Waals surface area (Å²) >= 11 is 1.68. The van der Waals surface area contributed by atoms with E-state index >= 15 is 0 Å². The van der Waals surface area contributed by atoms with Gasteiger partial charge in [-0.3, -0.25) is 0 Å². The highest BCUT2D eigenvalue weighted by Gasteiger charge is 2.20. The fourth-order valence-corrected chi connectivity index (χ4v) is 2.97. The normalized spacial score (nSPS) is 13.3. The van der Waals surface area contributed by atoms with Crippen LogP contribution in [0.4, 0.5) is 0 Å². The Morgan fingerprint density at radius 1 is 1.21 bits per heavy atom. The predicted molar refractivity (Wildman–Crippen MR) is 78.3 cm³/mol. The number of fused-ring (bicyclic) bond motifs is 1. The van der Waals surface area contributed by atoms with E-state index < -0.39 is 0 Å². The summed E-state index contributed by atoms with van der Waals surface area (Å²) in [6, 6.07) is 7.91. The minimum atomic E-state index is -0.359. The molecule has 5 heteroatoms. The van der Waals surface area contributed by atoms with E-state index in [0.29, 0.717) is 19.6 Å².